The molecule has 2 aromatic carbocycles. The number of nitrogen functional groups attached to an aromatic ring is 2. The number of nitrogens with zero attached hydrogens (tertiary/aromatic N) is 1. The number of nitrogens with one attached hydrogen (secondary N) is 1. The van der Waals surface area contributed by atoms with Crippen LogP contribution in [0.4, 0.5) is 11.8 Å². The zero-order valence-corrected chi connectivity index (χ0v) is 12.2. The molecular formula is C17H18N4O. The zero-order chi connectivity index (χ0) is 15.5. The van der Waals surface area contributed by atoms with Crippen LogP contribution >= 0.6 is 0 Å². The SMILES string of the molecule is Nc1nc(N)c(CCCc2cccc3ccccc23)c(=O)[nH]1. The van der Waals surface area contributed by atoms with Crippen LogP contribution in [0.5, 0.6) is 0 Å². The zero-order valence-electron chi connectivity index (χ0n) is 12.2. The van der Waals surface area contributed by atoms with Crippen molar-refractivity contribution in [2.45, 2.75) is 19.3 Å². The first-order valence-electron chi connectivity index (χ1n) is 7.26. The first kappa shape index (κ1) is 14.1. The number of aromatic amines is 1. The van der Waals surface area contributed by atoms with Crippen molar-refractivity contribution >= 4 is 22.5 Å². The van der Waals surface area contributed by atoms with Gasteiger partial charge in [0.25, 0.3) is 5.56 Å². The third-order valence-electron chi connectivity index (χ3n) is 3.82. The molecule has 5 heteroatoms. The van der Waals surface area contributed by atoms with Gasteiger partial charge in [-0.15, -0.1) is 0 Å². The summed E-state index contributed by atoms with van der Waals surface area (Å²) in [4.78, 5) is 18.3. The minimum Gasteiger partial charge on any atom is -0.383 e. The van der Waals surface area contributed by atoms with Crippen LogP contribution in [0.25, 0.3) is 10.8 Å². The molecule has 0 aliphatic carbocycles. The average molecular weight is 294 g/mol. The molecule has 5 nitrogen and oxygen atoms in total. The standard InChI is InChI=1S/C17H18N4O/c18-15-14(16(22)21-17(19)20-15)10-4-8-12-7-3-6-11-5-1-2-9-13(11)12/h1-3,5-7,9H,4,8,10H2,(H5,18,19,20,21,22). The molecule has 0 aliphatic rings. The van der Waals surface area contributed by atoms with Crippen LogP contribution in [0.1, 0.15) is 17.5 Å². The van der Waals surface area contributed by atoms with Gasteiger partial charge in [0, 0.05) is 0 Å². The predicted molar refractivity (Wildman–Crippen MR) is 89.7 cm³/mol. The second-order valence-electron chi connectivity index (χ2n) is 5.31. The van der Waals surface area contributed by atoms with E-state index in [0.29, 0.717) is 12.0 Å². The van der Waals surface area contributed by atoms with E-state index in [1.165, 1.54) is 16.3 Å². The first-order valence-corrected chi connectivity index (χ1v) is 7.26. The highest BCUT2D eigenvalue weighted by Gasteiger charge is 2.08. The molecule has 112 valence electrons. The van der Waals surface area contributed by atoms with E-state index in [0.717, 1.165) is 12.8 Å². The molecule has 0 atom stereocenters. The Kier molecular flexibility index (Phi) is 3.78. The van der Waals surface area contributed by atoms with E-state index in [-0.39, 0.29) is 17.3 Å². The summed E-state index contributed by atoms with van der Waals surface area (Å²) in [5, 5.41) is 2.48. The Labute approximate surface area is 128 Å². The number of fused-ring (bicyclic) bond motifs is 1. The third-order valence-corrected chi connectivity index (χ3v) is 3.82. The van der Waals surface area contributed by atoms with Gasteiger partial charge in [-0.05, 0) is 35.6 Å². The van der Waals surface area contributed by atoms with Gasteiger partial charge in [-0.3, -0.25) is 9.78 Å². The van der Waals surface area contributed by atoms with Crippen LogP contribution in [0.15, 0.2) is 47.3 Å². The molecule has 0 aliphatic heterocycles. The second kappa shape index (κ2) is 5.89. The number of H-pyrrole nitrogens is 1. The van der Waals surface area contributed by atoms with Crippen molar-refractivity contribution in [1.29, 1.82) is 0 Å². The van der Waals surface area contributed by atoms with Gasteiger partial charge >= 0.3 is 0 Å². The smallest absolute Gasteiger partial charge is 0.257 e. The van der Waals surface area contributed by atoms with Crippen molar-refractivity contribution in [1.82, 2.24) is 9.97 Å². The molecule has 3 aromatic rings. The highest BCUT2D eigenvalue weighted by atomic mass is 16.1. The fourth-order valence-electron chi connectivity index (χ4n) is 2.74. The van der Waals surface area contributed by atoms with Crippen molar-refractivity contribution in [2.24, 2.45) is 0 Å². The molecule has 0 radical (unpaired) electrons. The number of aromatic nitrogens is 2. The summed E-state index contributed by atoms with van der Waals surface area (Å²) in [7, 11) is 0. The van der Waals surface area contributed by atoms with Gasteiger partial charge < -0.3 is 11.5 Å². The maximum absolute atomic E-state index is 11.9. The summed E-state index contributed by atoms with van der Waals surface area (Å²) in [6.45, 7) is 0. The van der Waals surface area contributed by atoms with Gasteiger partial charge in [-0.1, -0.05) is 42.5 Å². The normalized spacial score (nSPS) is 10.9. The number of benzene rings is 2. The Balaban J connectivity index is 1.77. The fourth-order valence-corrected chi connectivity index (χ4v) is 2.74. The number of anilines is 2. The summed E-state index contributed by atoms with van der Waals surface area (Å²) in [6.07, 6.45) is 2.29. The van der Waals surface area contributed by atoms with Crippen LogP contribution in [-0.4, -0.2) is 9.97 Å². The minimum atomic E-state index is -0.247. The number of hydrogen-bond donors (Lipinski definition) is 3. The lowest BCUT2D eigenvalue weighted by Gasteiger charge is -2.07. The molecule has 1 heterocycles. The second-order valence-corrected chi connectivity index (χ2v) is 5.31. The summed E-state index contributed by atoms with van der Waals surface area (Å²) in [5.41, 5.74) is 12.8. The van der Waals surface area contributed by atoms with Gasteiger partial charge in [0.1, 0.15) is 5.82 Å². The van der Waals surface area contributed by atoms with Crippen molar-refractivity contribution in [3.8, 4) is 0 Å². The number of aryl methyl sites for hydroxylation is 1. The van der Waals surface area contributed by atoms with Gasteiger partial charge in [-0.25, -0.2) is 0 Å². The van der Waals surface area contributed by atoms with Gasteiger partial charge in [0.15, 0.2) is 0 Å². The van der Waals surface area contributed by atoms with E-state index in [9.17, 15) is 4.79 Å². The average Bonchev–Trinajstić information content (AvgIpc) is 2.50. The summed E-state index contributed by atoms with van der Waals surface area (Å²) in [5.74, 6) is 0.277. The van der Waals surface area contributed by atoms with E-state index in [1.54, 1.807) is 0 Å². The molecule has 5 N–H and O–H groups in total. The molecule has 0 fully saturated rings. The molecule has 0 saturated carbocycles. The van der Waals surface area contributed by atoms with E-state index < -0.39 is 0 Å². The van der Waals surface area contributed by atoms with Crippen LogP contribution in [0.2, 0.25) is 0 Å². The minimum absolute atomic E-state index is 0.0558. The highest BCUT2D eigenvalue weighted by molar-refractivity contribution is 5.85. The van der Waals surface area contributed by atoms with Crippen molar-refractivity contribution in [3.05, 3.63) is 63.9 Å². The first-order chi connectivity index (χ1) is 10.6. The topological polar surface area (TPSA) is 97.8 Å². The van der Waals surface area contributed by atoms with Crippen LogP contribution in [0.3, 0.4) is 0 Å². The van der Waals surface area contributed by atoms with Crippen molar-refractivity contribution < 1.29 is 0 Å². The van der Waals surface area contributed by atoms with Gasteiger partial charge in [-0.2, -0.15) is 4.98 Å². The van der Waals surface area contributed by atoms with Crippen LogP contribution in [0, 0.1) is 0 Å². The molecule has 3 rings (SSSR count). The van der Waals surface area contributed by atoms with Crippen LogP contribution < -0.4 is 17.0 Å². The maximum atomic E-state index is 11.9. The highest BCUT2D eigenvalue weighted by Crippen LogP contribution is 2.20. The molecule has 0 spiro atoms. The van der Waals surface area contributed by atoms with Crippen LogP contribution in [-0.2, 0) is 12.8 Å². The third kappa shape index (κ3) is 2.79. The Hall–Kier alpha value is -2.82. The summed E-state index contributed by atoms with van der Waals surface area (Å²) < 4.78 is 0. The molecule has 0 saturated heterocycles. The van der Waals surface area contributed by atoms with Gasteiger partial charge in [0.05, 0.1) is 5.56 Å². The monoisotopic (exact) mass is 294 g/mol. The Morgan fingerprint density at radius 2 is 1.77 bits per heavy atom. The van der Waals surface area contributed by atoms with E-state index >= 15 is 0 Å². The largest absolute Gasteiger partial charge is 0.383 e. The molecular weight excluding hydrogens is 276 g/mol. The van der Waals surface area contributed by atoms with Gasteiger partial charge in [0.2, 0.25) is 5.95 Å². The summed E-state index contributed by atoms with van der Waals surface area (Å²) in [6, 6.07) is 14.6. The number of hydrogen-bond acceptors (Lipinski definition) is 4. The molecule has 0 unspecified atom stereocenters. The Bertz CT molecular complexity index is 865. The molecule has 0 amide bonds. The van der Waals surface area contributed by atoms with Crippen molar-refractivity contribution in [3.63, 3.8) is 0 Å². The molecule has 22 heavy (non-hydrogen) atoms. The van der Waals surface area contributed by atoms with E-state index in [1.807, 2.05) is 12.1 Å². The summed E-state index contributed by atoms with van der Waals surface area (Å²) >= 11 is 0. The quantitative estimate of drug-likeness (QED) is 0.687. The lowest BCUT2D eigenvalue weighted by atomic mass is 9.99. The predicted octanol–water partition coefficient (Wildman–Crippen LogP) is 2.26. The molecule has 1 aromatic heterocycles. The van der Waals surface area contributed by atoms with Crippen molar-refractivity contribution in [2.75, 3.05) is 11.5 Å². The number of nitrogens with two attached hydrogens (primary N) is 2. The fraction of sp³-hybridized carbons (Fsp3) is 0.176. The van der Waals surface area contributed by atoms with E-state index in [2.05, 4.69) is 40.3 Å². The Morgan fingerprint density at radius 3 is 2.59 bits per heavy atom. The lowest BCUT2D eigenvalue weighted by molar-refractivity contribution is 0.811. The molecule has 0 bridgehead atoms. The number of rotatable bonds is 4. The lowest BCUT2D eigenvalue weighted by Crippen LogP contribution is -2.19. The maximum Gasteiger partial charge on any atom is 0.257 e. The Morgan fingerprint density at radius 1 is 1.00 bits per heavy atom. The van der Waals surface area contributed by atoms with E-state index in [4.69, 9.17) is 11.5 Å².